The first-order chi connectivity index (χ1) is 17.1. The monoisotopic (exact) mass is 478 g/mol. The highest BCUT2D eigenvalue weighted by atomic mass is 16.5. The van der Waals surface area contributed by atoms with E-state index < -0.39 is 0 Å². The van der Waals surface area contributed by atoms with Crippen LogP contribution in [0.5, 0.6) is 0 Å². The van der Waals surface area contributed by atoms with Crippen LogP contribution in [-0.4, -0.2) is 61.2 Å². The average Bonchev–Trinajstić information content (AvgIpc) is 3.08. The Morgan fingerprint density at radius 1 is 1.14 bits per heavy atom. The van der Waals surface area contributed by atoms with Crippen molar-refractivity contribution >= 4 is 29.0 Å². The van der Waals surface area contributed by atoms with Crippen LogP contribution in [0.25, 0.3) is 0 Å². The van der Waals surface area contributed by atoms with Gasteiger partial charge in [-0.3, -0.25) is 9.59 Å². The topological polar surface area (TPSA) is 84.0 Å². The lowest BCUT2D eigenvalue weighted by Gasteiger charge is -2.32. The van der Waals surface area contributed by atoms with E-state index in [1.165, 1.54) is 0 Å². The maximum Gasteiger partial charge on any atom is 0.230 e. The summed E-state index contributed by atoms with van der Waals surface area (Å²) in [4.78, 5) is 34.8. The number of aromatic nitrogens is 1. The maximum absolute atomic E-state index is 13.8. The van der Waals surface area contributed by atoms with Gasteiger partial charge in [0.25, 0.3) is 0 Å². The molecule has 8 nitrogen and oxygen atoms in total. The Kier molecular flexibility index (Phi) is 7.29. The number of ether oxygens (including phenoxy) is 2. The van der Waals surface area contributed by atoms with E-state index in [0.717, 1.165) is 54.0 Å². The molecule has 0 bridgehead atoms. The molecule has 3 heterocycles. The van der Waals surface area contributed by atoms with Crippen LogP contribution in [0.3, 0.4) is 0 Å². The molecule has 1 aromatic heterocycles. The number of carbonyl (C=O) groups is 2. The highest BCUT2D eigenvalue weighted by molar-refractivity contribution is 5.99. The van der Waals surface area contributed by atoms with Gasteiger partial charge in [0.1, 0.15) is 5.82 Å². The minimum Gasteiger partial charge on any atom is -0.381 e. The number of methoxy groups -OCH3 is 1. The molecule has 2 fully saturated rings. The number of carbonyl (C=O) groups excluding carboxylic acids is 2. The molecular formula is C27H34N4O4. The Labute approximate surface area is 206 Å². The molecule has 1 N–H and O–H groups in total. The van der Waals surface area contributed by atoms with Crippen LogP contribution in [0.2, 0.25) is 0 Å². The number of hydrogen-bond donors (Lipinski definition) is 1. The number of amides is 2. The zero-order valence-electron chi connectivity index (χ0n) is 20.4. The second-order valence-corrected chi connectivity index (χ2v) is 9.61. The van der Waals surface area contributed by atoms with Crippen LogP contribution in [0.1, 0.15) is 43.2 Å². The summed E-state index contributed by atoms with van der Waals surface area (Å²) in [5.41, 5.74) is 3.77. The quantitative estimate of drug-likeness (QED) is 0.706. The van der Waals surface area contributed by atoms with E-state index in [1.807, 2.05) is 34.1 Å². The van der Waals surface area contributed by atoms with Gasteiger partial charge < -0.3 is 24.6 Å². The van der Waals surface area contributed by atoms with Gasteiger partial charge in [0.2, 0.25) is 11.8 Å². The molecule has 2 amide bonds. The number of aryl methyl sites for hydroxylation is 1. The molecule has 1 aromatic carbocycles. The van der Waals surface area contributed by atoms with Crippen molar-refractivity contribution in [2.75, 3.05) is 43.6 Å². The molecular weight excluding hydrogens is 444 g/mol. The van der Waals surface area contributed by atoms with Gasteiger partial charge in [-0.05, 0) is 55.9 Å². The largest absolute Gasteiger partial charge is 0.381 e. The SMILES string of the molecule is COC1CCC(C(=O)N2Cc3cccnc3Nc3ccc(CCC(=O)N4CCOCC4)cc32)CC1. The summed E-state index contributed by atoms with van der Waals surface area (Å²) >= 11 is 0. The highest BCUT2D eigenvalue weighted by Crippen LogP contribution is 2.38. The van der Waals surface area contributed by atoms with Crippen molar-refractivity contribution < 1.29 is 19.1 Å². The number of fused-ring (bicyclic) bond motifs is 2. The molecule has 2 aromatic rings. The lowest BCUT2D eigenvalue weighted by molar-refractivity contribution is -0.135. The number of pyridine rings is 1. The number of hydrogen-bond acceptors (Lipinski definition) is 6. The van der Waals surface area contributed by atoms with Gasteiger partial charge in [-0.1, -0.05) is 12.1 Å². The standard InChI is InChI=1S/C27H34N4O4/c1-34-22-8-6-20(7-9-22)27(33)31-18-21-3-2-12-28-26(21)29-23-10-4-19(17-24(23)31)5-11-25(32)30-13-15-35-16-14-30/h2-4,10,12,17,20,22H,5-9,11,13-16,18H2,1H3,(H,28,29). The number of anilines is 3. The summed E-state index contributed by atoms with van der Waals surface area (Å²) in [6.45, 7) is 3.00. The molecule has 2 aliphatic heterocycles. The lowest BCUT2D eigenvalue weighted by atomic mass is 9.86. The molecule has 1 aliphatic carbocycles. The van der Waals surface area contributed by atoms with E-state index >= 15 is 0 Å². The highest BCUT2D eigenvalue weighted by Gasteiger charge is 2.33. The number of rotatable bonds is 5. The molecule has 1 saturated carbocycles. The summed E-state index contributed by atoms with van der Waals surface area (Å²) in [6.07, 6.45) is 6.59. The van der Waals surface area contributed by atoms with Crippen molar-refractivity contribution in [3.05, 3.63) is 47.7 Å². The third kappa shape index (κ3) is 5.33. The number of nitrogens with one attached hydrogen (secondary N) is 1. The average molecular weight is 479 g/mol. The van der Waals surface area contributed by atoms with E-state index in [-0.39, 0.29) is 23.8 Å². The third-order valence-corrected chi connectivity index (χ3v) is 7.44. The summed E-state index contributed by atoms with van der Waals surface area (Å²) in [5, 5.41) is 3.44. The van der Waals surface area contributed by atoms with Crippen molar-refractivity contribution in [3.8, 4) is 0 Å². The van der Waals surface area contributed by atoms with Crippen molar-refractivity contribution in [2.45, 2.75) is 51.2 Å². The second kappa shape index (κ2) is 10.7. The molecule has 3 aliphatic rings. The van der Waals surface area contributed by atoms with Crippen LogP contribution in [-0.2, 0) is 32.0 Å². The summed E-state index contributed by atoms with van der Waals surface area (Å²) in [6, 6.07) is 10.0. The predicted octanol–water partition coefficient (Wildman–Crippen LogP) is 3.67. The molecule has 0 spiro atoms. The van der Waals surface area contributed by atoms with Gasteiger partial charge in [0.15, 0.2) is 0 Å². The first-order valence-electron chi connectivity index (χ1n) is 12.7. The summed E-state index contributed by atoms with van der Waals surface area (Å²) in [7, 11) is 1.75. The van der Waals surface area contributed by atoms with E-state index in [2.05, 4.69) is 16.4 Å². The summed E-state index contributed by atoms with van der Waals surface area (Å²) < 4.78 is 10.9. The van der Waals surface area contributed by atoms with Crippen molar-refractivity contribution in [1.82, 2.24) is 9.88 Å². The van der Waals surface area contributed by atoms with Crippen LogP contribution < -0.4 is 10.2 Å². The first-order valence-corrected chi connectivity index (χ1v) is 12.7. The second-order valence-electron chi connectivity index (χ2n) is 9.61. The minimum absolute atomic E-state index is 0.0148. The zero-order chi connectivity index (χ0) is 24.2. The van der Waals surface area contributed by atoms with Crippen LogP contribution in [0, 0.1) is 5.92 Å². The molecule has 35 heavy (non-hydrogen) atoms. The van der Waals surface area contributed by atoms with E-state index in [4.69, 9.17) is 9.47 Å². The molecule has 186 valence electrons. The van der Waals surface area contributed by atoms with Crippen LogP contribution in [0.15, 0.2) is 36.5 Å². The van der Waals surface area contributed by atoms with E-state index in [0.29, 0.717) is 45.7 Å². The Morgan fingerprint density at radius 3 is 2.71 bits per heavy atom. The molecule has 5 rings (SSSR count). The minimum atomic E-state index is -0.0148. The Morgan fingerprint density at radius 2 is 1.94 bits per heavy atom. The normalized spacial score (nSPS) is 22.0. The van der Waals surface area contributed by atoms with Crippen molar-refractivity contribution in [2.24, 2.45) is 5.92 Å². The first kappa shape index (κ1) is 23.8. The molecule has 0 unspecified atom stereocenters. The fourth-order valence-corrected chi connectivity index (χ4v) is 5.31. The van der Waals surface area contributed by atoms with Gasteiger partial charge in [-0.2, -0.15) is 0 Å². The molecule has 0 radical (unpaired) electrons. The lowest BCUT2D eigenvalue weighted by Crippen LogP contribution is -2.40. The third-order valence-electron chi connectivity index (χ3n) is 7.44. The Bertz CT molecular complexity index is 1060. The van der Waals surface area contributed by atoms with Crippen LogP contribution >= 0.6 is 0 Å². The van der Waals surface area contributed by atoms with E-state index in [9.17, 15) is 9.59 Å². The van der Waals surface area contributed by atoms with Crippen LogP contribution in [0.4, 0.5) is 17.2 Å². The summed E-state index contributed by atoms with van der Waals surface area (Å²) in [5.74, 6) is 1.07. The number of benzene rings is 1. The fourth-order valence-electron chi connectivity index (χ4n) is 5.31. The Hall–Kier alpha value is -2.97. The van der Waals surface area contributed by atoms with Crippen molar-refractivity contribution in [1.29, 1.82) is 0 Å². The van der Waals surface area contributed by atoms with Gasteiger partial charge in [0, 0.05) is 44.3 Å². The van der Waals surface area contributed by atoms with Gasteiger partial charge in [-0.25, -0.2) is 4.98 Å². The fraction of sp³-hybridized carbons (Fsp3) is 0.519. The molecule has 1 saturated heterocycles. The number of nitrogens with zero attached hydrogens (tertiary/aromatic N) is 3. The van der Waals surface area contributed by atoms with Crippen molar-refractivity contribution in [3.63, 3.8) is 0 Å². The molecule has 8 heteroatoms. The van der Waals surface area contributed by atoms with Gasteiger partial charge >= 0.3 is 0 Å². The Balaban J connectivity index is 1.38. The van der Waals surface area contributed by atoms with E-state index in [1.54, 1.807) is 13.3 Å². The maximum atomic E-state index is 13.8. The molecule has 0 atom stereocenters. The smallest absolute Gasteiger partial charge is 0.230 e. The predicted molar refractivity (Wildman–Crippen MR) is 134 cm³/mol. The zero-order valence-corrected chi connectivity index (χ0v) is 20.4. The number of morpholine rings is 1. The van der Waals surface area contributed by atoms with Gasteiger partial charge in [-0.15, -0.1) is 0 Å². The van der Waals surface area contributed by atoms with Gasteiger partial charge in [0.05, 0.1) is 37.2 Å².